The molecular formula is C21H25N7O2. The third-order valence-corrected chi connectivity index (χ3v) is 5.62. The molecule has 1 fully saturated rings. The minimum absolute atomic E-state index is 0.329. The summed E-state index contributed by atoms with van der Waals surface area (Å²) in [5.74, 6) is 1.33. The maximum absolute atomic E-state index is 5.85. The topological polar surface area (TPSA) is 90.9 Å². The Hall–Kier alpha value is -3.04. The van der Waals surface area contributed by atoms with Crippen molar-refractivity contribution >= 4 is 17.2 Å². The van der Waals surface area contributed by atoms with Gasteiger partial charge in [0, 0.05) is 55.3 Å². The number of fused-ring (bicyclic) bond motifs is 2. The van der Waals surface area contributed by atoms with Crippen LogP contribution in [0.15, 0.2) is 43.2 Å². The van der Waals surface area contributed by atoms with Crippen molar-refractivity contribution in [1.82, 2.24) is 29.0 Å². The van der Waals surface area contributed by atoms with Gasteiger partial charge in [0.15, 0.2) is 0 Å². The average molecular weight is 407 g/mol. The Morgan fingerprint density at radius 1 is 1.07 bits per heavy atom. The molecule has 0 amide bonds. The summed E-state index contributed by atoms with van der Waals surface area (Å²) in [6.07, 6.45) is 15.8. The second-order valence-corrected chi connectivity index (χ2v) is 7.60. The third kappa shape index (κ3) is 3.86. The number of anilines is 1. The van der Waals surface area contributed by atoms with E-state index in [1.54, 1.807) is 13.3 Å². The van der Waals surface area contributed by atoms with E-state index in [1.807, 2.05) is 46.0 Å². The third-order valence-electron chi connectivity index (χ3n) is 5.62. The van der Waals surface area contributed by atoms with Crippen LogP contribution in [0, 0.1) is 0 Å². The van der Waals surface area contributed by atoms with Gasteiger partial charge in [0.1, 0.15) is 0 Å². The summed E-state index contributed by atoms with van der Waals surface area (Å²) < 4.78 is 14.7. The number of hydrogen-bond donors (Lipinski definition) is 1. The predicted molar refractivity (Wildman–Crippen MR) is 112 cm³/mol. The first-order valence-corrected chi connectivity index (χ1v) is 10.3. The molecule has 0 atom stereocenters. The van der Waals surface area contributed by atoms with Crippen LogP contribution in [-0.2, 0) is 9.47 Å². The molecule has 0 unspecified atom stereocenters. The Morgan fingerprint density at radius 2 is 1.97 bits per heavy atom. The van der Waals surface area contributed by atoms with Crippen LogP contribution >= 0.6 is 0 Å². The van der Waals surface area contributed by atoms with Crippen LogP contribution in [0.3, 0.4) is 0 Å². The lowest BCUT2D eigenvalue weighted by Crippen LogP contribution is -2.31. The average Bonchev–Trinajstić information content (AvgIpc) is 3.41. The van der Waals surface area contributed by atoms with Crippen molar-refractivity contribution in [3.8, 4) is 11.1 Å². The van der Waals surface area contributed by atoms with Crippen molar-refractivity contribution in [2.75, 3.05) is 25.6 Å². The fourth-order valence-corrected chi connectivity index (χ4v) is 4.02. The summed E-state index contributed by atoms with van der Waals surface area (Å²) in [7, 11) is 1.70. The van der Waals surface area contributed by atoms with E-state index in [1.165, 1.54) is 0 Å². The van der Waals surface area contributed by atoms with Gasteiger partial charge < -0.3 is 14.8 Å². The molecule has 0 spiro atoms. The number of nitrogens with zero attached hydrogens (tertiary/aromatic N) is 6. The van der Waals surface area contributed by atoms with Crippen molar-refractivity contribution < 1.29 is 9.47 Å². The largest absolute Gasteiger partial charge is 0.382 e. The summed E-state index contributed by atoms with van der Waals surface area (Å²) in [6, 6.07) is 2.41. The molecule has 0 aliphatic heterocycles. The minimum Gasteiger partial charge on any atom is -0.382 e. The molecule has 0 saturated heterocycles. The Bertz CT molecular complexity index is 1130. The Labute approximate surface area is 174 Å². The zero-order valence-corrected chi connectivity index (χ0v) is 16.9. The van der Waals surface area contributed by atoms with Gasteiger partial charge in [-0.2, -0.15) is 0 Å². The Balaban J connectivity index is 1.26. The van der Waals surface area contributed by atoms with Gasteiger partial charge in [0.25, 0.3) is 0 Å². The van der Waals surface area contributed by atoms with Crippen LogP contribution in [0.4, 0.5) is 5.95 Å². The molecule has 4 aromatic rings. The highest BCUT2D eigenvalue weighted by atomic mass is 16.5. The first-order chi connectivity index (χ1) is 14.8. The molecule has 5 rings (SSSR count). The molecule has 1 aliphatic carbocycles. The zero-order chi connectivity index (χ0) is 20.3. The van der Waals surface area contributed by atoms with Gasteiger partial charge in [-0.25, -0.2) is 19.5 Å². The van der Waals surface area contributed by atoms with E-state index in [0.29, 0.717) is 37.1 Å². The molecule has 1 saturated carbocycles. The first kappa shape index (κ1) is 19.0. The molecule has 9 nitrogen and oxygen atoms in total. The van der Waals surface area contributed by atoms with Crippen LogP contribution in [0.5, 0.6) is 0 Å². The second kappa shape index (κ2) is 8.37. The number of aromatic nitrogens is 6. The van der Waals surface area contributed by atoms with Gasteiger partial charge in [-0.05, 0) is 31.7 Å². The first-order valence-electron chi connectivity index (χ1n) is 10.3. The molecule has 156 valence electrons. The maximum atomic E-state index is 5.85. The number of imidazole rings is 1. The van der Waals surface area contributed by atoms with Crippen LogP contribution in [0.25, 0.3) is 22.4 Å². The lowest BCUT2D eigenvalue weighted by atomic mass is 9.93. The van der Waals surface area contributed by atoms with E-state index < -0.39 is 0 Å². The van der Waals surface area contributed by atoms with Crippen LogP contribution < -0.4 is 5.32 Å². The molecule has 1 N–H and O–H groups in total. The predicted octanol–water partition coefficient (Wildman–Crippen LogP) is 2.83. The van der Waals surface area contributed by atoms with E-state index in [4.69, 9.17) is 9.47 Å². The normalized spacial score (nSPS) is 19.5. The molecule has 0 bridgehead atoms. The fraction of sp³-hybridized carbons (Fsp3) is 0.429. The van der Waals surface area contributed by atoms with Crippen LogP contribution in [0.2, 0.25) is 0 Å². The molecular weight excluding hydrogens is 382 g/mol. The summed E-state index contributed by atoms with van der Waals surface area (Å²) in [6.45, 7) is 1.31. The highest BCUT2D eigenvalue weighted by Crippen LogP contribution is 2.26. The highest BCUT2D eigenvalue weighted by molar-refractivity contribution is 5.79. The van der Waals surface area contributed by atoms with Gasteiger partial charge in [0.05, 0.1) is 31.0 Å². The van der Waals surface area contributed by atoms with E-state index >= 15 is 0 Å². The van der Waals surface area contributed by atoms with E-state index in [-0.39, 0.29) is 0 Å². The molecule has 4 aromatic heterocycles. The van der Waals surface area contributed by atoms with Crippen molar-refractivity contribution in [2.45, 2.75) is 37.8 Å². The van der Waals surface area contributed by atoms with Crippen molar-refractivity contribution in [2.24, 2.45) is 0 Å². The van der Waals surface area contributed by atoms with Crippen molar-refractivity contribution in [1.29, 1.82) is 0 Å². The van der Waals surface area contributed by atoms with Gasteiger partial charge in [0.2, 0.25) is 11.7 Å². The Kier molecular flexibility index (Phi) is 5.29. The summed E-state index contributed by atoms with van der Waals surface area (Å²) in [5.41, 5.74) is 2.98. The second-order valence-electron chi connectivity index (χ2n) is 7.60. The number of methoxy groups -OCH3 is 1. The number of nitrogens with one attached hydrogen (secondary N) is 1. The Morgan fingerprint density at radius 3 is 2.83 bits per heavy atom. The number of hydrogen-bond acceptors (Lipinski definition) is 7. The molecule has 30 heavy (non-hydrogen) atoms. The summed E-state index contributed by atoms with van der Waals surface area (Å²) in [4.78, 5) is 13.2. The zero-order valence-electron chi connectivity index (χ0n) is 16.9. The SMILES string of the molecule is COCCOC1CCC(Nc2ncc3c(-c4cnc5nccn5c4)ccn3n2)CC1. The monoisotopic (exact) mass is 407 g/mol. The van der Waals surface area contributed by atoms with E-state index in [9.17, 15) is 0 Å². The number of ether oxygens (including phenoxy) is 2. The molecule has 4 heterocycles. The van der Waals surface area contributed by atoms with Gasteiger partial charge in [-0.3, -0.25) is 4.40 Å². The fourth-order valence-electron chi connectivity index (χ4n) is 4.02. The lowest BCUT2D eigenvalue weighted by Gasteiger charge is -2.29. The van der Waals surface area contributed by atoms with Crippen LogP contribution in [-0.4, -0.2) is 61.4 Å². The molecule has 0 aromatic carbocycles. The van der Waals surface area contributed by atoms with Gasteiger partial charge >= 0.3 is 0 Å². The van der Waals surface area contributed by atoms with Crippen molar-refractivity contribution in [3.63, 3.8) is 0 Å². The smallest absolute Gasteiger partial charge is 0.241 e. The van der Waals surface area contributed by atoms with E-state index in [2.05, 4.69) is 25.4 Å². The summed E-state index contributed by atoms with van der Waals surface area (Å²) >= 11 is 0. The lowest BCUT2D eigenvalue weighted by molar-refractivity contribution is -0.00158. The van der Waals surface area contributed by atoms with Gasteiger partial charge in [-0.1, -0.05) is 0 Å². The van der Waals surface area contributed by atoms with E-state index in [0.717, 1.165) is 42.3 Å². The minimum atomic E-state index is 0.329. The van der Waals surface area contributed by atoms with Crippen molar-refractivity contribution in [3.05, 3.63) is 43.2 Å². The quantitative estimate of drug-likeness (QED) is 0.471. The molecule has 9 heteroatoms. The highest BCUT2D eigenvalue weighted by Gasteiger charge is 2.22. The molecule has 1 aliphatic rings. The number of rotatable bonds is 7. The maximum Gasteiger partial charge on any atom is 0.241 e. The molecule has 0 radical (unpaired) electrons. The van der Waals surface area contributed by atoms with Gasteiger partial charge in [-0.15, -0.1) is 5.10 Å². The standard InChI is InChI=1S/C21H25N7O2/c1-29-10-11-30-17-4-2-16(3-5-17)25-20-23-13-19-18(6-8-28(19)26-20)15-12-24-21-22-7-9-27(21)14-15/h6-9,12-14,16-17H,2-5,10-11H2,1H3,(H,25,26). The van der Waals surface area contributed by atoms with Crippen LogP contribution in [0.1, 0.15) is 25.7 Å². The summed E-state index contributed by atoms with van der Waals surface area (Å²) in [5, 5.41) is 8.14.